The van der Waals surface area contributed by atoms with E-state index >= 15 is 0 Å². The van der Waals surface area contributed by atoms with Crippen LogP contribution in [0.25, 0.3) is 0 Å². The fraction of sp³-hybridized carbons (Fsp3) is 0.619. The van der Waals surface area contributed by atoms with E-state index in [-0.39, 0.29) is 23.7 Å². The summed E-state index contributed by atoms with van der Waals surface area (Å²) < 4.78 is 13.4. The zero-order valence-corrected chi connectivity index (χ0v) is 15.8. The number of likely N-dealkylation sites (tertiary alicyclic amines) is 1. The molecule has 0 aromatic heterocycles. The van der Waals surface area contributed by atoms with Gasteiger partial charge in [0.05, 0.1) is 12.0 Å². The molecule has 1 aromatic carbocycles. The number of carbonyl (C=O) groups excluding carboxylic acids is 2. The van der Waals surface area contributed by atoms with E-state index in [2.05, 4.69) is 5.32 Å². The van der Waals surface area contributed by atoms with E-state index in [9.17, 15) is 14.0 Å². The largest absolute Gasteiger partial charge is 0.340 e. The predicted octanol–water partition coefficient (Wildman–Crippen LogP) is 2.06. The van der Waals surface area contributed by atoms with E-state index in [0.717, 1.165) is 57.2 Å². The van der Waals surface area contributed by atoms with Gasteiger partial charge in [-0.2, -0.15) is 0 Å². The predicted molar refractivity (Wildman–Crippen MR) is 101 cm³/mol. The van der Waals surface area contributed by atoms with Gasteiger partial charge in [-0.05, 0) is 43.4 Å². The molecule has 2 heterocycles. The number of piperazine rings is 1. The smallest absolute Gasteiger partial charge is 0.236 e. The lowest BCUT2D eigenvalue weighted by Crippen LogP contribution is -2.59. The zero-order chi connectivity index (χ0) is 18.9. The summed E-state index contributed by atoms with van der Waals surface area (Å²) in [4.78, 5) is 29.8. The Morgan fingerprint density at radius 3 is 2.56 bits per heavy atom. The van der Waals surface area contributed by atoms with Crippen LogP contribution in [0.5, 0.6) is 0 Å². The quantitative estimate of drug-likeness (QED) is 0.882. The van der Waals surface area contributed by atoms with Crippen LogP contribution in [0.3, 0.4) is 0 Å². The van der Waals surface area contributed by atoms with Gasteiger partial charge >= 0.3 is 0 Å². The molecule has 3 aliphatic rings. The lowest BCUT2D eigenvalue weighted by Gasteiger charge is -2.43. The van der Waals surface area contributed by atoms with Crippen LogP contribution in [-0.4, -0.2) is 60.4 Å². The fourth-order valence-electron chi connectivity index (χ4n) is 5.08. The first-order valence-corrected chi connectivity index (χ1v) is 10.2. The number of nitrogens with zero attached hydrogens (tertiary/aromatic N) is 2. The topological polar surface area (TPSA) is 52.7 Å². The molecule has 0 bridgehead atoms. The minimum atomic E-state index is -0.525. The number of hydrogen-bond acceptors (Lipinski definition) is 3. The maximum atomic E-state index is 13.6. The van der Waals surface area contributed by atoms with Crippen molar-refractivity contribution in [1.29, 1.82) is 0 Å². The Bertz CT molecular complexity index is 700. The lowest BCUT2D eigenvalue weighted by molar-refractivity contribution is -0.143. The van der Waals surface area contributed by atoms with Gasteiger partial charge in [-0.15, -0.1) is 0 Å². The first-order valence-electron chi connectivity index (χ1n) is 10.2. The maximum absolute atomic E-state index is 13.6. The fourth-order valence-corrected chi connectivity index (χ4v) is 5.08. The van der Waals surface area contributed by atoms with E-state index in [0.29, 0.717) is 19.6 Å². The molecule has 0 spiro atoms. The van der Waals surface area contributed by atoms with Gasteiger partial charge in [0.25, 0.3) is 0 Å². The van der Waals surface area contributed by atoms with Crippen molar-refractivity contribution in [2.24, 2.45) is 0 Å². The molecule has 0 radical (unpaired) electrons. The summed E-state index contributed by atoms with van der Waals surface area (Å²) in [5.74, 6) is 0.0307. The van der Waals surface area contributed by atoms with Crippen LogP contribution in [0.1, 0.15) is 44.1 Å². The minimum absolute atomic E-state index is 0.115. The summed E-state index contributed by atoms with van der Waals surface area (Å²) in [5, 5.41) is 3.11. The third kappa shape index (κ3) is 3.47. The molecule has 2 aliphatic heterocycles. The number of hydrogen-bond donors (Lipinski definition) is 1. The van der Waals surface area contributed by atoms with Crippen molar-refractivity contribution in [2.75, 3.05) is 32.7 Å². The molecule has 146 valence electrons. The highest BCUT2D eigenvalue weighted by atomic mass is 19.1. The number of nitrogens with one attached hydrogen (secondary N) is 1. The average Bonchev–Trinajstić information content (AvgIpc) is 3.19. The van der Waals surface area contributed by atoms with Gasteiger partial charge < -0.3 is 15.1 Å². The third-order valence-corrected chi connectivity index (χ3v) is 6.51. The van der Waals surface area contributed by atoms with Crippen molar-refractivity contribution < 1.29 is 14.0 Å². The van der Waals surface area contributed by atoms with Crippen molar-refractivity contribution in [3.05, 3.63) is 35.6 Å². The van der Waals surface area contributed by atoms with Gasteiger partial charge in [0.15, 0.2) is 0 Å². The van der Waals surface area contributed by atoms with E-state index in [4.69, 9.17) is 0 Å². The maximum Gasteiger partial charge on any atom is 0.236 e. The molecule has 27 heavy (non-hydrogen) atoms. The standard InChI is InChI=1S/C21H28FN3O2/c22-17-7-5-16(6-8-17)21(9-1-2-10-21)20(27)24-12-3-4-18(15-24)25-13-11-23-14-19(25)26/h5-8,18,23H,1-4,9-15H2. The van der Waals surface area contributed by atoms with Gasteiger partial charge in [-0.1, -0.05) is 25.0 Å². The normalized spacial score (nSPS) is 25.7. The van der Waals surface area contributed by atoms with Gasteiger partial charge in [0.1, 0.15) is 5.82 Å². The summed E-state index contributed by atoms with van der Waals surface area (Å²) in [6.45, 7) is 3.29. The van der Waals surface area contributed by atoms with E-state index in [1.54, 1.807) is 12.1 Å². The average molecular weight is 373 g/mol. The van der Waals surface area contributed by atoms with Crippen molar-refractivity contribution in [3.63, 3.8) is 0 Å². The Labute approximate surface area is 159 Å². The van der Waals surface area contributed by atoms with Crippen LogP contribution in [0, 0.1) is 5.82 Å². The van der Waals surface area contributed by atoms with Crippen molar-refractivity contribution in [2.45, 2.75) is 50.0 Å². The van der Waals surface area contributed by atoms with E-state index in [1.807, 2.05) is 9.80 Å². The summed E-state index contributed by atoms with van der Waals surface area (Å²) in [6, 6.07) is 6.59. The second-order valence-corrected chi connectivity index (χ2v) is 8.11. The van der Waals surface area contributed by atoms with Gasteiger partial charge in [0.2, 0.25) is 11.8 Å². The van der Waals surface area contributed by atoms with E-state index in [1.165, 1.54) is 12.1 Å². The Kier molecular flexibility index (Phi) is 5.17. The number of piperidine rings is 1. The monoisotopic (exact) mass is 373 g/mol. The van der Waals surface area contributed by atoms with Crippen LogP contribution in [0.4, 0.5) is 4.39 Å². The van der Waals surface area contributed by atoms with Crippen molar-refractivity contribution >= 4 is 11.8 Å². The van der Waals surface area contributed by atoms with Crippen molar-refractivity contribution in [3.8, 4) is 0 Å². The zero-order valence-electron chi connectivity index (χ0n) is 15.8. The summed E-state index contributed by atoms with van der Waals surface area (Å²) in [5.41, 5.74) is 0.412. The first kappa shape index (κ1) is 18.4. The number of benzene rings is 1. The molecule has 1 atom stereocenters. The second kappa shape index (κ2) is 7.58. The van der Waals surface area contributed by atoms with E-state index < -0.39 is 5.41 Å². The van der Waals surface area contributed by atoms with Gasteiger partial charge in [-0.3, -0.25) is 9.59 Å². The Morgan fingerprint density at radius 2 is 1.85 bits per heavy atom. The molecule has 4 rings (SSSR count). The van der Waals surface area contributed by atoms with Crippen LogP contribution in [-0.2, 0) is 15.0 Å². The number of rotatable bonds is 3. The highest BCUT2D eigenvalue weighted by Crippen LogP contribution is 2.43. The molecule has 1 N–H and O–H groups in total. The highest BCUT2D eigenvalue weighted by molar-refractivity contribution is 5.89. The number of amides is 2. The van der Waals surface area contributed by atoms with Crippen LogP contribution < -0.4 is 5.32 Å². The number of halogens is 1. The van der Waals surface area contributed by atoms with Crippen LogP contribution in [0.15, 0.2) is 24.3 Å². The summed E-state index contributed by atoms with van der Waals surface area (Å²) in [6.07, 6.45) is 5.58. The molecule has 1 aromatic rings. The Balaban J connectivity index is 1.54. The number of carbonyl (C=O) groups is 2. The molecule has 2 amide bonds. The third-order valence-electron chi connectivity index (χ3n) is 6.51. The molecule has 5 nitrogen and oxygen atoms in total. The molecular weight excluding hydrogens is 345 g/mol. The SMILES string of the molecule is O=C1CNCCN1C1CCCN(C(=O)C2(c3ccc(F)cc3)CCCC2)C1. The summed E-state index contributed by atoms with van der Waals surface area (Å²) in [7, 11) is 0. The first-order chi connectivity index (χ1) is 13.1. The molecule has 6 heteroatoms. The Hall–Kier alpha value is -1.95. The molecule has 1 unspecified atom stereocenters. The van der Waals surface area contributed by atoms with Crippen LogP contribution >= 0.6 is 0 Å². The lowest BCUT2D eigenvalue weighted by atomic mass is 9.77. The minimum Gasteiger partial charge on any atom is -0.340 e. The van der Waals surface area contributed by atoms with Gasteiger partial charge in [-0.25, -0.2) is 4.39 Å². The van der Waals surface area contributed by atoms with Gasteiger partial charge in [0, 0.05) is 32.2 Å². The molecular formula is C21H28FN3O2. The highest BCUT2D eigenvalue weighted by Gasteiger charge is 2.46. The van der Waals surface area contributed by atoms with Crippen LogP contribution in [0.2, 0.25) is 0 Å². The summed E-state index contributed by atoms with van der Waals surface area (Å²) >= 11 is 0. The second-order valence-electron chi connectivity index (χ2n) is 8.11. The van der Waals surface area contributed by atoms with Crippen molar-refractivity contribution in [1.82, 2.24) is 15.1 Å². The molecule has 1 aliphatic carbocycles. The molecule has 1 saturated carbocycles. The molecule has 2 saturated heterocycles. The Morgan fingerprint density at radius 1 is 1.11 bits per heavy atom. The molecule has 3 fully saturated rings.